The van der Waals surface area contributed by atoms with Gasteiger partial charge in [0.25, 0.3) is 0 Å². The van der Waals surface area contributed by atoms with Crippen LogP contribution in [0.15, 0.2) is 30.3 Å². The zero-order chi connectivity index (χ0) is 12.1. The van der Waals surface area contributed by atoms with Crippen LogP contribution in [0.3, 0.4) is 0 Å². The molecule has 0 amide bonds. The molecular formula is C14H19NO2. The van der Waals surface area contributed by atoms with Gasteiger partial charge in [-0.05, 0) is 12.0 Å². The van der Waals surface area contributed by atoms with Crippen LogP contribution < -0.4 is 0 Å². The Bertz CT molecular complexity index is 354. The molecule has 1 aromatic rings. The smallest absolute Gasteiger partial charge is 0.135 e. The van der Waals surface area contributed by atoms with Crippen molar-refractivity contribution in [1.82, 2.24) is 4.90 Å². The normalized spacial score (nSPS) is 19.2. The molecule has 0 radical (unpaired) electrons. The number of carbonyl (C=O) groups excluding carboxylic acids is 1. The summed E-state index contributed by atoms with van der Waals surface area (Å²) in [5.41, 5.74) is 0.973. The number of piperidine rings is 1. The first-order valence-corrected chi connectivity index (χ1v) is 6.23. The summed E-state index contributed by atoms with van der Waals surface area (Å²) in [6.07, 6.45) is 1.68. The number of ketones is 1. The number of hydrogen-bond donors (Lipinski definition) is 1. The Morgan fingerprint density at radius 2 is 1.82 bits per heavy atom. The van der Waals surface area contributed by atoms with E-state index in [4.69, 9.17) is 0 Å². The Balaban J connectivity index is 1.77. The highest BCUT2D eigenvalue weighted by atomic mass is 16.3. The van der Waals surface area contributed by atoms with Gasteiger partial charge in [0, 0.05) is 32.5 Å². The molecule has 3 nitrogen and oxygen atoms in total. The van der Waals surface area contributed by atoms with Crippen molar-refractivity contribution in [2.45, 2.75) is 25.4 Å². The van der Waals surface area contributed by atoms with Crippen LogP contribution >= 0.6 is 0 Å². The van der Waals surface area contributed by atoms with E-state index >= 15 is 0 Å². The highest BCUT2D eigenvalue weighted by Crippen LogP contribution is 2.17. The summed E-state index contributed by atoms with van der Waals surface area (Å²) in [5.74, 6) is 0.366. The summed E-state index contributed by atoms with van der Waals surface area (Å²) in [5, 5.41) is 10.0. The topological polar surface area (TPSA) is 40.5 Å². The molecule has 1 aliphatic heterocycles. The van der Waals surface area contributed by atoms with Crippen LogP contribution in [0.2, 0.25) is 0 Å². The quantitative estimate of drug-likeness (QED) is 0.861. The van der Waals surface area contributed by atoms with E-state index in [1.165, 1.54) is 0 Å². The number of hydrogen-bond acceptors (Lipinski definition) is 3. The second-order valence-electron chi connectivity index (χ2n) is 4.60. The van der Waals surface area contributed by atoms with Gasteiger partial charge < -0.3 is 10.0 Å². The molecule has 0 bridgehead atoms. The van der Waals surface area contributed by atoms with Gasteiger partial charge in [0.15, 0.2) is 0 Å². The van der Waals surface area contributed by atoms with E-state index in [2.05, 4.69) is 4.90 Å². The minimum Gasteiger partial charge on any atom is -0.388 e. The molecule has 3 heteroatoms. The predicted molar refractivity (Wildman–Crippen MR) is 66.7 cm³/mol. The monoisotopic (exact) mass is 233 g/mol. The van der Waals surface area contributed by atoms with Crippen molar-refractivity contribution in [3.8, 4) is 0 Å². The van der Waals surface area contributed by atoms with Gasteiger partial charge in [-0.15, -0.1) is 0 Å². The van der Waals surface area contributed by atoms with Crippen molar-refractivity contribution in [2.24, 2.45) is 0 Å². The van der Waals surface area contributed by atoms with E-state index in [9.17, 15) is 9.90 Å². The van der Waals surface area contributed by atoms with Crippen molar-refractivity contribution < 1.29 is 9.90 Å². The summed E-state index contributed by atoms with van der Waals surface area (Å²) in [6, 6.07) is 9.73. The zero-order valence-electron chi connectivity index (χ0n) is 10.0. The Labute approximate surface area is 102 Å². The molecule has 0 saturated carbocycles. The molecule has 0 aromatic heterocycles. The third-order valence-electron chi connectivity index (χ3n) is 3.32. The average Bonchev–Trinajstić information content (AvgIpc) is 2.39. The number of aliphatic hydroxyl groups excluding tert-OH is 1. The van der Waals surface area contributed by atoms with Gasteiger partial charge in [0.2, 0.25) is 0 Å². The lowest BCUT2D eigenvalue weighted by molar-refractivity contribution is -0.121. The third kappa shape index (κ3) is 3.65. The van der Waals surface area contributed by atoms with Crippen LogP contribution in [0.1, 0.15) is 30.9 Å². The fourth-order valence-electron chi connectivity index (χ4n) is 2.17. The van der Waals surface area contributed by atoms with E-state index in [0.717, 1.165) is 31.6 Å². The van der Waals surface area contributed by atoms with Crippen LogP contribution in [-0.2, 0) is 4.79 Å². The maximum absolute atomic E-state index is 11.1. The van der Waals surface area contributed by atoms with Gasteiger partial charge in [-0.25, -0.2) is 0 Å². The maximum atomic E-state index is 11.1. The largest absolute Gasteiger partial charge is 0.388 e. The first-order chi connectivity index (χ1) is 8.25. The summed E-state index contributed by atoms with van der Waals surface area (Å²) in [6.45, 7) is 2.56. The summed E-state index contributed by atoms with van der Waals surface area (Å²) < 4.78 is 0. The Kier molecular flexibility index (Phi) is 4.29. The molecule has 1 saturated heterocycles. The molecule has 1 aromatic carbocycles. The highest BCUT2D eigenvalue weighted by molar-refractivity contribution is 5.79. The number of rotatable bonds is 4. The number of benzene rings is 1. The minimum atomic E-state index is -0.395. The lowest BCUT2D eigenvalue weighted by atomic mass is 10.1. The van der Waals surface area contributed by atoms with E-state index in [1.807, 2.05) is 30.3 Å². The molecule has 1 unspecified atom stereocenters. The van der Waals surface area contributed by atoms with Crippen LogP contribution in [0, 0.1) is 0 Å². The Morgan fingerprint density at radius 1 is 1.18 bits per heavy atom. The van der Waals surface area contributed by atoms with Gasteiger partial charge in [0.1, 0.15) is 5.78 Å². The van der Waals surface area contributed by atoms with Crippen LogP contribution in [0.5, 0.6) is 0 Å². The van der Waals surface area contributed by atoms with Gasteiger partial charge >= 0.3 is 0 Å². The summed E-state index contributed by atoms with van der Waals surface area (Å²) in [7, 11) is 0. The first kappa shape index (κ1) is 12.3. The predicted octanol–water partition coefficient (Wildman–Crippen LogP) is 1.78. The van der Waals surface area contributed by atoms with E-state index in [0.29, 0.717) is 18.6 Å². The fourth-order valence-corrected chi connectivity index (χ4v) is 2.17. The third-order valence-corrected chi connectivity index (χ3v) is 3.32. The molecular weight excluding hydrogens is 214 g/mol. The molecule has 17 heavy (non-hydrogen) atoms. The van der Waals surface area contributed by atoms with Crippen LogP contribution in [-0.4, -0.2) is 35.4 Å². The van der Waals surface area contributed by atoms with Crippen LogP contribution in [0.25, 0.3) is 0 Å². The second kappa shape index (κ2) is 5.94. The van der Waals surface area contributed by atoms with Crippen molar-refractivity contribution in [2.75, 3.05) is 19.6 Å². The summed E-state index contributed by atoms with van der Waals surface area (Å²) >= 11 is 0. The van der Waals surface area contributed by atoms with E-state index < -0.39 is 6.10 Å². The number of nitrogens with zero attached hydrogens (tertiary/aromatic N) is 1. The van der Waals surface area contributed by atoms with Gasteiger partial charge in [-0.2, -0.15) is 0 Å². The highest BCUT2D eigenvalue weighted by Gasteiger charge is 2.17. The Hall–Kier alpha value is -1.19. The molecule has 1 heterocycles. The van der Waals surface area contributed by atoms with Crippen LogP contribution in [0.4, 0.5) is 0 Å². The van der Waals surface area contributed by atoms with Crippen molar-refractivity contribution in [3.05, 3.63) is 35.9 Å². The lowest BCUT2D eigenvalue weighted by Crippen LogP contribution is -2.35. The second-order valence-corrected chi connectivity index (χ2v) is 4.60. The molecule has 2 rings (SSSR count). The van der Waals surface area contributed by atoms with E-state index in [1.54, 1.807) is 0 Å². The molecule has 92 valence electrons. The number of Topliss-reactive ketones (excluding diaryl/α,β-unsaturated/α-hetero) is 1. The molecule has 0 aliphatic carbocycles. The molecule has 1 N–H and O–H groups in total. The number of likely N-dealkylation sites (tertiary alicyclic amines) is 1. The Morgan fingerprint density at radius 3 is 2.47 bits per heavy atom. The fraction of sp³-hybridized carbons (Fsp3) is 0.500. The lowest BCUT2D eigenvalue weighted by Gasteiger charge is -2.26. The minimum absolute atomic E-state index is 0.366. The standard InChI is InChI=1S/C14H19NO2/c16-13-6-9-15(10-7-13)11-8-14(17)12-4-2-1-3-5-12/h1-5,14,17H,6-11H2. The number of aliphatic hydroxyl groups is 1. The number of carbonyl (C=O) groups is 1. The zero-order valence-corrected chi connectivity index (χ0v) is 10.0. The molecule has 0 spiro atoms. The van der Waals surface area contributed by atoms with E-state index in [-0.39, 0.29) is 0 Å². The van der Waals surface area contributed by atoms with Gasteiger partial charge in [-0.1, -0.05) is 30.3 Å². The maximum Gasteiger partial charge on any atom is 0.135 e. The average molecular weight is 233 g/mol. The molecule has 1 atom stereocenters. The van der Waals surface area contributed by atoms with Crippen molar-refractivity contribution in [3.63, 3.8) is 0 Å². The summed E-state index contributed by atoms with van der Waals surface area (Å²) in [4.78, 5) is 13.3. The first-order valence-electron chi connectivity index (χ1n) is 6.23. The van der Waals surface area contributed by atoms with Gasteiger partial charge in [0.05, 0.1) is 6.10 Å². The van der Waals surface area contributed by atoms with Crippen molar-refractivity contribution in [1.29, 1.82) is 0 Å². The molecule has 1 fully saturated rings. The van der Waals surface area contributed by atoms with Gasteiger partial charge in [-0.3, -0.25) is 4.79 Å². The SMILES string of the molecule is O=C1CCN(CCC(O)c2ccccc2)CC1. The molecule has 1 aliphatic rings. The van der Waals surface area contributed by atoms with Crippen molar-refractivity contribution >= 4 is 5.78 Å².